The number of anilines is 3. The topological polar surface area (TPSA) is 157 Å². The van der Waals surface area contributed by atoms with Gasteiger partial charge in [-0.05, 0) is 27.7 Å². The third-order valence-electron chi connectivity index (χ3n) is 3.26. The van der Waals surface area contributed by atoms with E-state index in [1.807, 2.05) is 0 Å². The molecule has 0 spiro atoms. The van der Waals surface area contributed by atoms with Gasteiger partial charge in [0.1, 0.15) is 0 Å². The van der Waals surface area contributed by atoms with Crippen LogP contribution in [0.15, 0.2) is 0 Å². The highest BCUT2D eigenvalue weighted by atomic mass is 16.6. The smallest absolute Gasteiger partial charge is 0.329 e. The summed E-state index contributed by atoms with van der Waals surface area (Å²) in [5.74, 6) is 0. The van der Waals surface area contributed by atoms with Crippen LogP contribution in [0.1, 0.15) is 27.7 Å². The van der Waals surface area contributed by atoms with Crippen molar-refractivity contribution in [1.82, 2.24) is 0 Å². The number of benzene rings is 1. The molecule has 0 saturated carbocycles. The standard InChI is InChI=1S/C14H22N6O6/c1-7(2)15-9-11(18(21)22)10(16-8(3)4)13(20(25)26)14(17(5)6)12(9)19(23)24/h7-8,15-16H,1-6H3. The van der Waals surface area contributed by atoms with Crippen molar-refractivity contribution in [3.05, 3.63) is 30.3 Å². The van der Waals surface area contributed by atoms with E-state index in [1.165, 1.54) is 19.0 Å². The van der Waals surface area contributed by atoms with E-state index < -0.39 is 31.8 Å². The Hall–Kier alpha value is -3.18. The molecule has 0 aliphatic carbocycles. The molecule has 0 unspecified atom stereocenters. The molecule has 12 nitrogen and oxygen atoms in total. The second-order valence-electron chi connectivity index (χ2n) is 6.41. The van der Waals surface area contributed by atoms with Crippen LogP contribution >= 0.6 is 0 Å². The van der Waals surface area contributed by atoms with Gasteiger partial charge in [-0.15, -0.1) is 0 Å². The molecule has 1 rings (SSSR count). The van der Waals surface area contributed by atoms with E-state index in [1.54, 1.807) is 27.7 Å². The summed E-state index contributed by atoms with van der Waals surface area (Å²) in [5.41, 5.74) is -3.21. The van der Waals surface area contributed by atoms with E-state index in [4.69, 9.17) is 0 Å². The normalized spacial score (nSPS) is 10.8. The lowest BCUT2D eigenvalue weighted by Crippen LogP contribution is -2.21. The van der Waals surface area contributed by atoms with Gasteiger partial charge in [0, 0.05) is 26.2 Å². The van der Waals surface area contributed by atoms with Crippen LogP contribution in [-0.4, -0.2) is 40.9 Å². The van der Waals surface area contributed by atoms with Crippen molar-refractivity contribution < 1.29 is 14.8 Å². The van der Waals surface area contributed by atoms with Gasteiger partial charge in [0.25, 0.3) is 0 Å². The molecule has 0 saturated heterocycles. The fourth-order valence-electron chi connectivity index (χ4n) is 2.51. The molecule has 2 N–H and O–H groups in total. The minimum absolute atomic E-state index is 0.322. The molecule has 0 atom stereocenters. The zero-order chi connectivity index (χ0) is 20.3. The maximum absolute atomic E-state index is 11.7. The zero-order valence-corrected chi connectivity index (χ0v) is 15.4. The molecule has 0 aliphatic rings. The summed E-state index contributed by atoms with van der Waals surface area (Å²) in [6.45, 7) is 6.61. The first kappa shape index (κ1) is 20.9. The Morgan fingerprint density at radius 3 is 1.23 bits per heavy atom. The first-order valence-corrected chi connectivity index (χ1v) is 7.77. The van der Waals surface area contributed by atoms with Gasteiger partial charge in [-0.1, -0.05) is 0 Å². The molecule has 0 aromatic heterocycles. The fraction of sp³-hybridized carbons (Fsp3) is 0.571. The van der Waals surface area contributed by atoms with Crippen molar-refractivity contribution in [2.75, 3.05) is 29.6 Å². The lowest BCUT2D eigenvalue weighted by atomic mass is 10.1. The predicted octanol–water partition coefficient (Wildman–Crippen LogP) is 3.12. The van der Waals surface area contributed by atoms with Crippen LogP contribution in [0.3, 0.4) is 0 Å². The number of rotatable bonds is 8. The Morgan fingerprint density at radius 2 is 1.04 bits per heavy atom. The molecule has 1 aromatic carbocycles. The highest BCUT2D eigenvalue weighted by Gasteiger charge is 2.43. The van der Waals surface area contributed by atoms with E-state index in [-0.39, 0.29) is 29.1 Å². The van der Waals surface area contributed by atoms with Crippen molar-refractivity contribution in [2.24, 2.45) is 0 Å². The van der Waals surface area contributed by atoms with Gasteiger partial charge in [0.2, 0.25) is 0 Å². The Balaban J connectivity index is 4.23. The zero-order valence-electron chi connectivity index (χ0n) is 15.4. The van der Waals surface area contributed by atoms with Crippen molar-refractivity contribution >= 4 is 34.1 Å². The summed E-state index contributed by atoms with van der Waals surface area (Å²) < 4.78 is 0. The molecular formula is C14H22N6O6. The summed E-state index contributed by atoms with van der Waals surface area (Å²) in [7, 11) is 2.80. The number of nitrogens with one attached hydrogen (secondary N) is 2. The van der Waals surface area contributed by atoms with Gasteiger partial charge in [-0.2, -0.15) is 0 Å². The molecule has 0 amide bonds. The third-order valence-corrected chi connectivity index (χ3v) is 3.26. The summed E-state index contributed by atoms with van der Waals surface area (Å²) in [6, 6.07) is -0.758. The molecule has 0 fully saturated rings. The average molecular weight is 370 g/mol. The lowest BCUT2D eigenvalue weighted by molar-refractivity contribution is -0.399. The first-order chi connectivity index (χ1) is 11.9. The Kier molecular flexibility index (Phi) is 6.26. The first-order valence-electron chi connectivity index (χ1n) is 7.77. The maximum Gasteiger partial charge on any atom is 0.329 e. The third kappa shape index (κ3) is 4.07. The average Bonchev–Trinajstić information content (AvgIpc) is 2.43. The minimum atomic E-state index is -0.852. The number of nitrogens with zero attached hydrogens (tertiary/aromatic N) is 4. The second-order valence-corrected chi connectivity index (χ2v) is 6.41. The Bertz CT molecular complexity index is 697. The summed E-state index contributed by atoms with van der Waals surface area (Å²) in [4.78, 5) is 33.7. The van der Waals surface area contributed by atoms with Crippen LogP contribution in [0.2, 0.25) is 0 Å². The van der Waals surface area contributed by atoms with Gasteiger partial charge >= 0.3 is 17.1 Å². The van der Waals surface area contributed by atoms with Crippen LogP contribution in [-0.2, 0) is 0 Å². The summed E-state index contributed by atoms with van der Waals surface area (Å²) in [6.07, 6.45) is 0. The molecule has 0 radical (unpaired) electrons. The molecule has 12 heteroatoms. The van der Waals surface area contributed by atoms with E-state index >= 15 is 0 Å². The van der Waals surface area contributed by atoms with Crippen molar-refractivity contribution in [3.63, 3.8) is 0 Å². The van der Waals surface area contributed by atoms with Crippen LogP contribution in [0.5, 0.6) is 0 Å². The highest BCUT2D eigenvalue weighted by molar-refractivity contribution is 6.00. The Labute approximate surface area is 149 Å². The van der Waals surface area contributed by atoms with Crippen LogP contribution < -0.4 is 15.5 Å². The summed E-state index contributed by atoms with van der Waals surface area (Å²) >= 11 is 0. The SMILES string of the molecule is CC(C)Nc1c([N+](=O)[O-])c(NC(C)C)c([N+](=O)[O-])c(N(C)C)c1[N+](=O)[O-]. The quantitative estimate of drug-likeness (QED) is 0.518. The lowest BCUT2D eigenvalue weighted by Gasteiger charge is -2.21. The molecule has 1 aromatic rings. The number of hydrogen-bond acceptors (Lipinski definition) is 9. The molecule has 26 heavy (non-hydrogen) atoms. The highest BCUT2D eigenvalue weighted by Crippen LogP contribution is 2.54. The van der Waals surface area contributed by atoms with Crippen LogP contribution in [0.4, 0.5) is 34.1 Å². The van der Waals surface area contributed by atoms with Gasteiger partial charge < -0.3 is 15.5 Å². The van der Waals surface area contributed by atoms with Crippen molar-refractivity contribution in [2.45, 2.75) is 39.8 Å². The predicted molar refractivity (Wildman–Crippen MR) is 98.2 cm³/mol. The number of nitro benzene ring substituents is 3. The molecule has 0 bridgehead atoms. The van der Waals surface area contributed by atoms with Gasteiger partial charge in [-0.3, -0.25) is 30.3 Å². The van der Waals surface area contributed by atoms with Crippen LogP contribution in [0, 0.1) is 30.3 Å². The van der Waals surface area contributed by atoms with E-state index in [2.05, 4.69) is 10.6 Å². The van der Waals surface area contributed by atoms with Gasteiger partial charge in [0.05, 0.1) is 14.8 Å². The fourth-order valence-corrected chi connectivity index (χ4v) is 2.51. The number of nitro groups is 3. The van der Waals surface area contributed by atoms with Gasteiger partial charge in [-0.25, -0.2) is 0 Å². The molecular weight excluding hydrogens is 348 g/mol. The van der Waals surface area contributed by atoms with E-state index in [0.29, 0.717) is 0 Å². The van der Waals surface area contributed by atoms with Gasteiger partial charge in [0.15, 0.2) is 17.1 Å². The molecule has 144 valence electrons. The largest absolute Gasteiger partial charge is 0.372 e. The summed E-state index contributed by atoms with van der Waals surface area (Å²) in [5, 5.41) is 40.5. The van der Waals surface area contributed by atoms with Crippen molar-refractivity contribution in [1.29, 1.82) is 0 Å². The molecule has 0 aliphatic heterocycles. The monoisotopic (exact) mass is 370 g/mol. The second kappa shape index (κ2) is 7.80. The number of hydrogen-bond donors (Lipinski definition) is 2. The van der Waals surface area contributed by atoms with Crippen LogP contribution in [0.25, 0.3) is 0 Å². The Morgan fingerprint density at radius 1 is 0.731 bits per heavy atom. The molecule has 0 heterocycles. The van der Waals surface area contributed by atoms with E-state index in [9.17, 15) is 30.3 Å². The minimum Gasteiger partial charge on any atom is -0.372 e. The maximum atomic E-state index is 11.7. The van der Waals surface area contributed by atoms with Crippen molar-refractivity contribution in [3.8, 4) is 0 Å². The van der Waals surface area contributed by atoms with E-state index in [0.717, 1.165) is 0 Å².